The SMILES string of the molecule is Cn1c[n+]([C@@H]2O[C@@H](CO)[C@H](O)[C@H]2O)c2nc(N)nc([S-])c21. The molecule has 1 saturated heterocycles. The Labute approximate surface area is 125 Å². The van der Waals surface area contributed by atoms with Crippen molar-refractivity contribution < 1.29 is 24.6 Å². The van der Waals surface area contributed by atoms with Gasteiger partial charge in [-0.05, 0) is 5.03 Å². The molecule has 0 radical (unpaired) electrons. The molecule has 2 aromatic rings. The normalized spacial score (nSPS) is 29.3. The number of hydrogen-bond donors (Lipinski definition) is 4. The van der Waals surface area contributed by atoms with Gasteiger partial charge in [-0.3, -0.25) is 4.57 Å². The summed E-state index contributed by atoms with van der Waals surface area (Å²) in [5.41, 5.74) is 6.57. The molecule has 21 heavy (non-hydrogen) atoms. The number of hydrogen-bond acceptors (Lipinski definition) is 8. The topological polar surface area (TPSA) is 131 Å². The monoisotopic (exact) mass is 313 g/mol. The van der Waals surface area contributed by atoms with Crippen LogP contribution in [0.1, 0.15) is 6.23 Å². The van der Waals surface area contributed by atoms with Gasteiger partial charge in [0.1, 0.15) is 18.3 Å². The van der Waals surface area contributed by atoms with Gasteiger partial charge in [0.05, 0.1) is 13.7 Å². The maximum atomic E-state index is 10.1. The van der Waals surface area contributed by atoms with Gasteiger partial charge < -0.3 is 38.4 Å². The second-order valence-electron chi connectivity index (χ2n) is 4.92. The number of aromatic nitrogens is 4. The van der Waals surface area contributed by atoms with Gasteiger partial charge in [-0.1, -0.05) is 4.98 Å². The van der Waals surface area contributed by atoms with E-state index in [0.717, 1.165) is 0 Å². The van der Waals surface area contributed by atoms with Crippen molar-refractivity contribution in [2.45, 2.75) is 29.6 Å². The molecule has 3 heterocycles. The summed E-state index contributed by atoms with van der Waals surface area (Å²) in [6, 6.07) is 0. The number of nitrogen functional groups attached to an aromatic ring is 1. The second-order valence-corrected chi connectivity index (χ2v) is 5.31. The molecule has 0 amide bonds. The molecular weight excluding hydrogens is 298 g/mol. The van der Waals surface area contributed by atoms with E-state index in [1.54, 1.807) is 17.9 Å². The van der Waals surface area contributed by atoms with Crippen LogP contribution < -0.4 is 10.3 Å². The predicted molar refractivity (Wildman–Crippen MR) is 71.8 cm³/mol. The van der Waals surface area contributed by atoms with E-state index in [2.05, 4.69) is 9.97 Å². The molecule has 0 aliphatic carbocycles. The van der Waals surface area contributed by atoms with Crippen molar-refractivity contribution in [3.63, 3.8) is 0 Å². The Balaban J connectivity index is 2.13. The van der Waals surface area contributed by atoms with Gasteiger partial charge in [0.25, 0.3) is 5.95 Å². The van der Waals surface area contributed by atoms with E-state index in [9.17, 15) is 10.2 Å². The highest BCUT2D eigenvalue weighted by molar-refractivity contribution is 7.59. The van der Waals surface area contributed by atoms with Gasteiger partial charge >= 0.3 is 5.65 Å². The lowest BCUT2D eigenvalue weighted by molar-refractivity contribution is -0.745. The summed E-state index contributed by atoms with van der Waals surface area (Å²) in [5.74, 6) is 0.0131. The highest BCUT2D eigenvalue weighted by Gasteiger charge is 2.46. The Morgan fingerprint density at radius 1 is 1.43 bits per heavy atom. The Kier molecular flexibility index (Phi) is 3.42. The van der Waals surface area contributed by atoms with Crippen LogP contribution in [0.5, 0.6) is 0 Å². The molecule has 3 rings (SSSR count). The first-order valence-electron chi connectivity index (χ1n) is 6.27. The van der Waals surface area contributed by atoms with Crippen molar-refractivity contribution in [3.05, 3.63) is 6.33 Å². The van der Waals surface area contributed by atoms with Gasteiger partial charge in [0, 0.05) is 0 Å². The van der Waals surface area contributed by atoms with Crippen molar-refractivity contribution in [1.82, 2.24) is 14.5 Å². The van der Waals surface area contributed by atoms with Crippen LogP contribution in [0, 0.1) is 0 Å². The van der Waals surface area contributed by atoms with E-state index in [-0.39, 0.29) is 11.0 Å². The Bertz CT molecular complexity index is 693. The van der Waals surface area contributed by atoms with Crippen LogP contribution in [0.15, 0.2) is 11.4 Å². The van der Waals surface area contributed by atoms with Gasteiger partial charge in [-0.2, -0.15) is 0 Å². The van der Waals surface area contributed by atoms with Crippen LogP contribution in [-0.4, -0.2) is 54.8 Å². The lowest BCUT2D eigenvalue weighted by Crippen LogP contribution is -2.46. The van der Waals surface area contributed by atoms with Crippen molar-refractivity contribution >= 4 is 29.7 Å². The first kappa shape index (κ1) is 14.4. The maximum absolute atomic E-state index is 10.1. The zero-order valence-electron chi connectivity index (χ0n) is 11.1. The summed E-state index contributed by atoms with van der Waals surface area (Å²) in [4.78, 5) is 8.04. The molecule has 0 unspecified atom stereocenters. The van der Waals surface area contributed by atoms with Crippen LogP contribution >= 0.6 is 0 Å². The van der Waals surface area contributed by atoms with Crippen molar-refractivity contribution in [1.29, 1.82) is 0 Å². The lowest BCUT2D eigenvalue weighted by atomic mass is 10.1. The molecule has 4 atom stereocenters. The average Bonchev–Trinajstić information content (AvgIpc) is 2.89. The number of ether oxygens (including phenoxy) is 1. The van der Waals surface area contributed by atoms with E-state index in [0.29, 0.717) is 11.2 Å². The Morgan fingerprint density at radius 3 is 2.76 bits per heavy atom. The zero-order chi connectivity index (χ0) is 15.3. The zero-order valence-corrected chi connectivity index (χ0v) is 11.9. The van der Waals surface area contributed by atoms with Crippen molar-refractivity contribution in [2.24, 2.45) is 7.05 Å². The van der Waals surface area contributed by atoms with E-state index in [1.165, 1.54) is 4.57 Å². The third kappa shape index (κ3) is 2.12. The molecule has 9 nitrogen and oxygen atoms in total. The minimum absolute atomic E-state index is 0.0131. The quantitative estimate of drug-likeness (QED) is 0.269. The van der Waals surface area contributed by atoms with Crippen LogP contribution in [0.3, 0.4) is 0 Å². The standard InChI is InChI=1S/C11H15N5O4S/c1-15-3-16(8-5(15)9(21)14-11(12)13-8)10-7(19)6(18)4(2-17)20-10/h3-4,6-7,10,17-19H,2H2,1H3,(H2-,12,13,14,21)/t4-,6-,7+,10+/m0/s1. The molecule has 1 aliphatic rings. The molecule has 114 valence electrons. The van der Waals surface area contributed by atoms with E-state index >= 15 is 0 Å². The number of nitrogens with zero attached hydrogens (tertiary/aromatic N) is 4. The highest BCUT2D eigenvalue weighted by atomic mass is 32.1. The largest absolute Gasteiger partial charge is 0.756 e. The maximum Gasteiger partial charge on any atom is 0.308 e. The fraction of sp³-hybridized carbons (Fsp3) is 0.545. The number of rotatable bonds is 2. The molecule has 0 bridgehead atoms. The highest BCUT2D eigenvalue weighted by Crippen LogP contribution is 2.27. The number of imidazole rings is 1. The summed E-state index contributed by atoms with van der Waals surface area (Å²) in [7, 11) is 1.75. The summed E-state index contributed by atoms with van der Waals surface area (Å²) < 4.78 is 8.69. The summed E-state index contributed by atoms with van der Waals surface area (Å²) in [6.07, 6.45) is -2.54. The van der Waals surface area contributed by atoms with Crippen LogP contribution in [-0.2, 0) is 24.4 Å². The summed E-state index contributed by atoms with van der Waals surface area (Å²) in [6.45, 7) is -0.399. The first-order valence-corrected chi connectivity index (χ1v) is 6.68. The first-order chi connectivity index (χ1) is 9.93. The predicted octanol–water partition coefficient (Wildman–Crippen LogP) is -2.64. The number of fused-ring (bicyclic) bond motifs is 1. The van der Waals surface area contributed by atoms with Gasteiger partial charge in [-0.15, -0.1) is 0 Å². The molecule has 1 aliphatic heterocycles. The summed E-state index contributed by atoms with van der Waals surface area (Å²) >= 11 is 5.16. The lowest BCUT2D eigenvalue weighted by Gasteiger charge is -2.12. The van der Waals surface area contributed by atoms with Crippen LogP contribution in [0.4, 0.5) is 5.95 Å². The third-order valence-corrected chi connectivity index (χ3v) is 3.82. The van der Waals surface area contributed by atoms with E-state index in [4.69, 9.17) is 28.2 Å². The molecule has 5 N–H and O–H groups in total. The number of aliphatic hydroxyl groups is 3. The van der Waals surface area contributed by atoms with E-state index in [1.807, 2.05) is 0 Å². The average molecular weight is 313 g/mol. The Morgan fingerprint density at radius 2 is 2.14 bits per heavy atom. The molecular formula is C11H15N5O4S. The number of aryl methyl sites for hydroxylation is 1. The summed E-state index contributed by atoms with van der Waals surface area (Å²) in [5, 5.41) is 29.4. The number of anilines is 1. The van der Waals surface area contributed by atoms with Crippen LogP contribution in [0.2, 0.25) is 0 Å². The number of nitrogens with two attached hydrogens (primary N) is 1. The van der Waals surface area contributed by atoms with Gasteiger partial charge in [-0.25, -0.2) is 9.55 Å². The second kappa shape index (κ2) is 5.00. The molecule has 0 aromatic carbocycles. The molecule has 0 spiro atoms. The number of aliphatic hydroxyl groups excluding tert-OH is 3. The van der Waals surface area contributed by atoms with Crippen molar-refractivity contribution in [3.8, 4) is 0 Å². The van der Waals surface area contributed by atoms with Gasteiger partial charge in [0.15, 0.2) is 11.8 Å². The van der Waals surface area contributed by atoms with E-state index < -0.39 is 31.1 Å². The van der Waals surface area contributed by atoms with Gasteiger partial charge in [0.2, 0.25) is 6.23 Å². The smallest absolute Gasteiger partial charge is 0.308 e. The minimum Gasteiger partial charge on any atom is -0.756 e. The van der Waals surface area contributed by atoms with Crippen LogP contribution in [0.25, 0.3) is 11.2 Å². The molecule has 10 heteroatoms. The molecule has 2 aromatic heterocycles. The molecule has 0 saturated carbocycles. The third-order valence-electron chi connectivity index (χ3n) is 3.54. The van der Waals surface area contributed by atoms with Crippen molar-refractivity contribution in [2.75, 3.05) is 12.3 Å². The fourth-order valence-electron chi connectivity index (χ4n) is 2.52. The molecule has 1 fully saturated rings. The minimum atomic E-state index is -1.21. The Hall–Kier alpha value is -1.59. The fourth-order valence-corrected chi connectivity index (χ4v) is 2.85.